The molecule has 0 saturated carbocycles. The van der Waals surface area contributed by atoms with E-state index in [9.17, 15) is 18.0 Å². The molecule has 0 spiro atoms. The molecular formula is C16H15F3N2O. The van der Waals surface area contributed by atoms with E-state index in [0.717, 1.165) is 17.7 Å². The van der Waals surface area contributed by atoms with Crippen LogP contribution in [-0.4, -0.2) is 19.0 Å². The van der Waals surface area contributed by atoms with Gasteiger partial charge in [0.05, 0.1) is 6.54 Å². The molecule has 0 saturated heterocycles. The van der Waals surface area contributed by atoms with E-state index in [0.29, 0.717) is 13.0 Å². The van der Waals surface area contributed by atoms with Crippen molar-refractivity contribution in [1.82, 2.24) is 5.32 Å². The van der Waals surface area contributed by atoms with E-state index in [-0.39, 0.29) is 12.4 Å². The molecule has 6 heteroatoms. The second-order valence-corrected chi connectivity index (χ2v) is 4.70. The number of para-hydroxylation sites is 1. The molecule has 0 atom stereocenters. The fraction of sp³-hybridized carbons (Fsp3) is 0.188. The van der Waals surface area contributed by atoms with Crippen LogP contribution < -0.4 is 10.6 Å². The van der Waals surface area contributed by atoms with E-state index in [4.69, 9.17) is 0 Å². The molecule has 2 aromatic rings. The highest BCUT2D eigenvalue weighted by Crippen LogP contribution is 2.17. The Hall–Kier alpha value is -2.34. The summed E-state index contributed by atoms with van der Waals surface area (Å²) in [5.41, 5.74) is 0.474. The molecule has 0 aliphatic carbocycles. The Balaban J connectivity index is 1.75. The number of hydrogen-bond donors (Lipinski definition) is 2. The van der Waals surface area contributed by atoms with Gasteiger partial charge in [0.1, 0.15) is 23.1 Å². The molecule has 0 bridgehead atoms. The summed E-state index contributed by atoms with van der Waals surface area (Å²) in [4.78, 5) is 11.6. The molecule has 0 aliphatic heterocycles. The fourth-order valence-electron chi connectivity index (χ4n) is 1.89. The Kier molecular flexibility index (Phi) is 5.55. The monoisotopic (exact) mass is 308 g/mol. The van der Waals surface area contributed by atoms with Crippen molar-refractivity contribution >= 4 is 11.6 Å². The fourth-order valence-corrected chi connectivity index (χ4v) is 1.89. The van der Waals surface area contributed by atoms with E-state index in [2.05, 4.69) is 10.6 Å². The van der Waals surface area contributed by atoms with Gasteiger partial charge >= 0.3 is 0 Å². The van der Waals surface area contributed by atoms with Crippen molar-refractivity contribution in [3.8, 4) is 0 Å². The Labute approximate surface area is 126 Å². The zero-order chi connectivity index (χ0) is 15.9. The number of hydrogen-bond acceptors (Lipinski definition) is 2. The SMILES string of the molecule is O=C(CNCCc1ccc(F)cc1)Nc1c(F)cccc1F. The average Bonchev–Trinajstić information content (AvgIpc) is 2.49. The maximum Gasteiger partial charge on any atom is 0.238 e. The lowest BCUT2D eigenvalue weighted by atomic mass is 10.1. The number of nitrogens with one attached hydrogen (secondary N) is 2. The smallest absolute Gasteiger partial charge is 0.238 e. The van der Waals surface area contributed by atoms with Crippen molar-refractivity contribution < 1.29 is 18.0 Å². The molecule has 22 heavy (non-hydrogen) atoms. The molecule has 0 unspecified atom stereocenters. The molecule has 2 aromatic carbocycles. The first-order valence-electron chi connectivity index (χ1n) is 6.75. The lowest BCUT2D eigenvalue weighted by Crippen LogP contribution is -2.30. The number of carbonyl (C=O) groups is 1. The van der Waals surface area contributed by atoms with Gasteiger partial charge in [-0.3, -0.25) is 4.79 Å². The van der Waals surface area contributed by atoms with Crippen LogP contribution in [0.1, 0.15) is 5.56 Å². The van der Waals surface area contributed by atoms with E-state index in [1.165, 1.54) is 18.2 Å². The molecule has 0 radical (unpaired) electrons. The minimum Gasteiger partial charge on any atom is -0.320 e. The van der Waals surface area contributed by atoms with Gasteiger partial charge in [-0.25, -0.2) is 13.2 Å². The summed E-state index contributed by atoms with van der Waals surface area (Å²) in [5, 5.41) is 5.04. The summed E-state index contributed by atoms with van der Waals surface area (Å²) in [6, 6.07) is 9.41. The molecule has 0 heterocycles. The van der Waals surface area contributed by atoms with Crippen LogP contribution >= 0.6 is 0 Å². The first kappa shape index (κ1) is 16.0. The summed E-state index contributed by atoms with van der Waals surface area (Å²) in [6.45, 7) is 0.410. The van der Waals surface area contributed by atoms with Crippen molar-refractivity contribution in [2.75, 3.05) is 18.4 Å². The van der Waals surface area contributed by atoms with Crippen molar-refractivity contribution in [2.24, 2.45) is 0 Å². The quantitative estimate of drug-likeness (QED) is 0.806. The standard InChI is InChI=1S/C16H15F3N2O/c17-12-6-4-11(5-7-12)8-9-20-10-15(22)21-16-13(18)2-1-3-14(16)19/h1-7,20H,8-10H2,(H,21,22). The Morgan fingerprint density at radius 1 is 0.955 bits per heavy atom. The van der Waals surface area contributed by atoms with Crippen LogP contribution in [0.25, 0.3) is 0 Å². The second kappa shape index (κ2) is 7.61. The van der Waals surface area contributed by atoms with Gasteiger partial charge in [0.2, 0.25) is 5.91 Å². The highest BCUT2D eigenvalue weighted by Gasteiger charge is 2.11. The van der Waals surface area contributed by atoms with Crippen LogP contribution in [0.2, 0.25) is 0 Å². The van der Waals surface area contributed by atoms with Gasteiger partial charge in [-0.15, -0.1) is 0 Å². The first-order valence-corrected chi connectivity index (χ1v) is 6.75. The van der Waals surface area contributed by atoms with Gasteiger partial charge in [-0.2, -0.15) is 0 Å². The van der Waals surface area contributed by atoms with Crippen molar-refractivity contribution in [1.29, 1.82) is 0 Å². The van der Waals surface area contributed by atoms with Crippen LogP contribution in [0.3, 0.4) is 0 Å². The molecule has 1 amide bonds. The van der Waals surface area contributed by atoms with E-state index in [1.54, 1.807) is 12.1 Å². The lowest BCUT2D eigenvalue weighted by molar-refractivity contribution is -0.115. The van der Waals surface area contributed by atoms with Gasteiger partial charge in [0.15, 0.2) is 0 Å². The minimum atomic E-state index is -0.820. The third-order valence-corrected chi connectivity index (χ3v) is 3.02. The van der Waals surface area contributed by atoms with E-state index >= 15 is 0 Å². The maximum absolute atomic E-state index is 13.3. The summed E-state index contributed by atoms with van der Waals surface area (Å²) >= 11 is 0. The zero-order valence-corrected chi connectivity index (χ0v) is 11.7. The maximum atomic E-state index is 13.3. The van der Waals surface area contributed by atoms with Crippen LogP contribution in [-0.2, 0) is 11.2 Å². The van der Waals surface area contributed by atoms with Crippen molar-refractivity contribution in [3.63, 3.8) is 0 Å². The molecule has 0 fully saturated rings. The van der Waals surface area contributed by atoms with E-state index in [1.807, 2.05) is 0 Å². The van der Waals surface area contributed by atoms with Gasteiger partial charge in [-0.1, -0.05) is 18.2 Å². The number of rotatable bonds is 6. The zero-order valence-electron chi connectivity index (χ0n) is 11.7. The van der Waals surface area contributed by atoms with Gasteiger partial charge in [-0.05, 0) is 42.8 Å². The molecular weight excluding hydrogens is 293 g/mol. The molecule has 3 nitrogen and oxygen atoms in total. The Bertz CT molecular complexity index is 624. The third-order valence-electron chi connectivity index (χ3n) is 3.02. The Morgan fingerprint density at radius 2 is 1.59 bits per heavy atom. The topological polar surface area (TPSA) is 41.1 Å². The van der Waals surface area contributed by atoms with Gasteiger partial charge in [0, 0.05) is 0 Å². The molecule has 116 valence electrons. The number of halogens is 3. The Morgan fingerprint density at radius 3 is 2.23 bits per heavy atom. The van der Waals surface area contributed by atoms with Crippen LogP contribution in [0.15, 0.2) is 42.5 Å². The summed E-state index contributed by atoms with van der Waals surface area (Å²) in [5.74, 6) is -2.48. The minimum absolute atomic E-state index is 0.0744. The summed E-state index contributed by atoms with van der Waals surface area (Å²) < 4.78 is 39.4. The van der Waals surface area contributed by atoms with Crippen LogP contribution in [0.5, 0.6) is 0 Å². The normalized spacial score (nSPS) is 10.5. The second-order valence-electron chi connectivity index (χ2n) is 4.70. The molecule has 2 rings (SSSR count). The van der Waals surface area contributed by atoms with Gasteiger partial charge < -0.3 is 10.6 Å². The number of benzene rings is 2. The number of amides is 1. The first-order chi connectivity index (χ1) is 10.6. The van der Waals surface area contributed by atoms with Crippen molar-refractivity contribution in [3.05, 3.63) is 65.5 Å². The van der Waals surface area contributed by atoms with Gasteiger partial charge in [0.25, 0.3) is 0 Å². The largest absolute Gasteiger partial charge is 0.320 e. The van der Waals surface area contributed by atoms with Crippen LogP contribution in [0.4, 0.5) is 18.9 Å². The molecule has 2 N–H and O–H groups in total. The number of anilines is 1. The average molecular weight is 308 g/mol. The predicted octanol–water partition coefficient (Wildman–Crippen LogP) is 2.87. The highest BCUT2D eigenvalue weighted by molar-refractivity contribution is 5.92. The van der Waals surface area contributed by atoms with E-state index < -0.39 is 23.2 Å². The molecule has 0 aliphatic rings. The predicted molar refractivity (Wildman–Crippen MR) is 78.0 cm³/mol. The van der Waals surface area contributed by atoms with Crippen LogP contribution in [0, 0.1) is 17.5 Å². The third kappa shape index (κ3) is 4.60. The highest BCUT2D eigenvalue weighted by atomic mass is 19.1. The molecule has 0 aromatic heterocycles. The van der Waals surface area contributed by atoms with Crippen molar-refractivity contribution in [2.45, 2.75) is 6.42 Å². The summed E-state index contributed by atoms with van der Waals surface area (Å²) in [6.07, 6.45) is 0.613. The lowest BCUT2D eigenvalue weighted by Gasteiger charge is -2.08. The number of carbonyl (C=O) groups excluding carboxylic acids is 1. The summed E-state index contributed by atoms with van der Waals surface area (Å²) in [7, 11) is 0.